The minimum atomic E-state index is -4.51. The van der Waals surface area contributed by atoms with Crippen LogP contribution in [0.2, 0.25) is 0 Å². The second-order valence-corrected chi connectivity index (χ2v) is 15.3. The lowest BCUT2D eigenvalue weighted by molar-refractivity contribution is -0.171. The fraction of sp³-hybridized carbons (Fsp3) is 0.571. The summed E-state index contributed by atoms with van der Waals surface area (Å²) in [7, 11) is -4.51. The summed E-state index contributed by atoms with van der Waals surface area (Å²) >= 11 is 0. The number of anilines is 1. The van der Waals surface area contributed by atoms with Gasteiger partial charge in [0.05, 0.1) is 25.5 Å². The third-order valence-corrected chi connectivity index (χ3v) is 10.9. The number of nitrogen functional groups attached to an aromatic ring is 1. The lowest BCUT2D eigenvalue weighted by Gasteiger charge is -2.33. The molecule has 0 bridgehead atoms. The van der Waals surface area contributed by atoms with Crippen LogP contribution in [0.1, 0.15) is 65.2 Å². The number of alkyl halides is 3. The Morgan fingerprint density at radius 2 is 1.75 bits per heavy atom. The molecule has 1 aromatic carbocycles. The number of hydrogen-bond donors (Lipinski definition) is 2. The first-order chi connectivity index (χ1) is 26.0. The maximum atomic E-state index is 14.5. The van der Waals surface area contributed by atoms with Gasteiger partial charge in [0.25, 0.3) is 0 Å². The average molecular weight is 799 g/mol. The van der Waals surface area contributed by atoms with Crippen LogP contribution in [0, 0.1) is 5.92 Å². The Morgan fingerprint density at radius 1 is 1.07 bits per heavy atom. The van der Waals surface area contributed by atoms with E-state index in [4.69, 9.17) is 33.7 Å². The van der Waals surface area contributed by atoms with Crippen LogP contribution in [-0.4, -0.2) is 100 Å². The summed E-state index contributed by atoms with van der Waals surface area (Å²) < 4.78 is 89.9. The molecular weight excluding hydrogens is 752 g/mol. The van der Waals surface area contributed by atoms with E-state index in [9.17, 15) is 32.1 Å². The summed E-state index contributed by atoms with van der Waals surface area (Å²) in [6.45, 7) is 4.89. The Balaban J connectivity index is 1.36. The van der Waals surface area contributed by atoms with E-state index in [0.29, 0.717) is 24.1 Å². The van der Waals surface area contributed by atoms with Crippen LogP contribution in [0.3, 0.4) is 0 Å². The van der Waals surface area contributed by atoms with Crippen molar-refractivity contribution in [3.63, 3.8) is 0 Å². The van der Waals surface area contributed by atoms with Crippen molar-refractivity contribution in [1.82, 2.24) is 24.6 Å². The highest BCUT2D eigenvalue weighted by molar-refractivity contribution is 7.52. The first-order valence-electron chi connectivity index (χ1n) is 17.9. The van der Waals surface area contributed by atoms with Crippen LogP contribution >= 0.6 is 7.75 Å². The van der Waals surface area contributed by atoms with Gasteiger partial charge in [0.2, 0.25) is 0 Å². The predicted molar refractivity (Wildman–Crippen MR) is 189 cm³/mol. The zero-order chi connectivity index (χ0) is 40.0. The van der Waals surface area contributed by atoms with Gasteiger partial charge < -0.3 is 29.2 Å². The van der Waals surface area contributed by atoms with E-state index < -0.39 is 74.9 Å². The molecule has 0 spiro atoms. The summed E-state index contributed by atoms with van der Waals surface area (Å²) in [6, 6.07) is 10.1. The number of benzene rings is 1. The number of likely N-dealkylation sites (tertiary alicyclic amines) is 1. The van der Waals surface area contributed by atoms with Crippen molar-refractivity contribution in [3.8, 4) is 5.75 Å². The largest absolute Gasteiger partial charge is 0.464 e. The summed E-state index contributed by atoms with van der Waals surface area (Å²) in [5.41, 5.74) is 5.22. The van der Waals surface area contributed by atoms with Gasteiger partial charge in [-0.1, -0.05) is 32.0 Å². The number of esters is 3. The lowest BCUT2D eigenvalue weighted by atomic mass is 9.96. The van der Waals surface area contributed by atoms with Crippen LogP contribution in [0.4, 0.5) is 19.0 Å². The van der Waals surface area contributed by atoms with E-state index in [2.05, 4.69) is 15.2 Å². The summed E-state index contributed by atoms with van der Waals surface area (Å²) in [4.78, 5) is 44.1. The van der Waals surface area contributed by atoms with Gasteiger partial charge in [-0.15, -0.1) is 0 Å². The molecule has 2 aromatic heterocycles. The fourth-order valence-electron chi connectivity index (χ4n) is 6.34. The third kappa shape index (κ3) is 10.7. The van der Waals surface area contributed by atoms with E-state index in [-0.39, 0.29) is 50.0 Å². The molecule has 3 aromatic rings. The van der Waals surface area contributed by atoms with Gasteiger partial charge in [0.15, 0.2) is 18.0 Å². The van der Waals surface area contributed by atoms with Crippen molar-refractivity contribution in [1.29, 1.82) is 0 Å². The molecule has 20 heteroatoms. The second-order valence-electron chi connectivity index (χ2n) is 13.6. The highest BCUT2D eigenvalue weighted by Crippen LogP contribution is 2.50. The summed E-state index contributed by atoms with van der Waals surface area (Å²) in [6.07, 6.45) is -5.94. The van der Waals surface area contributed by atoms with Crippen LogP contribution in [0.15, 0.2) is 48.8 Å². The quantitative estimate of drug-likeness (QED) is 0.114. The van der Waals surface area contributed by atoms with Gasteiger partial charge in [0.1, 0.15) is 35.3 Å². The van der Waals surface area contributed by atoms with Gasteiger partial charge in [-0.2, -0.15) is 23.4 Å². The van der Waals surface area contributed by atoms with E-state index in [1.54, 1.807) is 44.2 Å². The van der Waals surface area contributed by atoms with Gasteiger partial charge in [-0.25, -0.2) is 14.1 Å². The Bertz CT molecular complexity index is 1840. The van der Waals surface area contributed by atoms with Crippen LogP contribution < -0.4 is 15.3 Å². The first-order valence-corrected chi connectivity index (χ1v) is 19.4. The Kier molecular flexibility index (Phi) is 13.4. The summed E-state index contributed by atoms with van der Waals surface area (Å²) in [5.74, 6) is -1.92. The number of nitrogens with one attached hydrogen (secondary N) is 1. The molecule has 2 fully saturated rings. The van der Waals surface area contributed by atoms with Crippen LogP contribution in [0.5, 0.6) is 5.75 Å². The molecule has 4 heterocycles. The van der Waals surface area contributed by atoms with E-state index >= 15 is 0 Å². The lowest BCUT2D eigenvalue weighted by Crippen LogP contribution is -2.48. The highest BCUT2D eigenvalue weighted by Gasteiger charge is 2.59. The molecule has 0 amide bonds. The minimum absolute atomic E-state index is 0.00975. The third-order valence-electron chi connectivity index (χ3n) is 9.27. The standard InChI is InChI=1S/C35H46F3N6O10P/c1-5-27(45)51-30-29(25-12-13-26-32(39)40-21-41-44(25)26)53-34(4,31(30)52-28(46)6-2)20-50-55(48,54-24-10-8-7-9-11-24)42-22(3)33(47)49-18-23-14-16-43(17-15-23)19-35(36,37)38/h7-13,21-23,29-31H,5-6,14-20H2,1-4H3,(H,42,48)(H2,39,40,41)/t22-,29-,30-,31-,34+,55?/m0/s1. The number of halogens is 3. The molecule has 0 saturated carbocycles. The number of aromatic nitrogens is 3. The number of ether oxygens (including phenoxy) is 4. The Labute approximate surface area is 315 Å². The van der Waals surface area contributed by atoms with Crippen molar-refractivity contribution >= 4 is 37.0 Å². The zero-order valence-corrected chi connectivity index (χ0v) is 31.8. The maximum Gasteiger partial charge on any atom is 0.459 e. The number of hydrogen-bond acceptors (Lipinski definition) is 14. The number of nitrogens with zero attached hydrogens (tertiary/aromatic N) is 4. The van der Waals surface area contributed by atoms with E-state index in [0.717, 1.165) is 0 Å². The molecule has 5 rings (SSSR count). The molecule has 2 aliphatic rings. The highest BCUT2D eigenvalue weighted by atomic mass is 31.2. The fourth-order valence-corrected chi connectivity index (χ4v) is 7.93. The smallest absolute Gasteiger partial charge is 0.459 e. The first kappa shape index (κ1) is 41.9. The molecule has 16 nitrogen and oxygen atoms in total. The minimum Gasteiger partial charge on any atom is -0.464 e. The molecule has 2 aliphatic heterocycles. The number of carbonyl (C=O) groups excluding carboxylic acids is 3. The van der Waals surface area contributed by atoms with Gasteiger partial charge in [-0.05, 0) is 70.0 Å². The molecule has 302 valence electrons. The molecule has 3 N–H and O–H groups in total. The molecule has 0 radical (unpaired) electrons. The van der Waals surface area contributed by atoms with E-state index in [1.165, 1.54) is 41.7 Å². The van der Waals surface area contributed by atoms with Crippen molar-refractivity contribution in [2.45, 2.75) is 89.5 Å². The predicted octanol–water partition coefficient (Wildman–Crippen LogP) is 4.78. The number of rotatable bonds is 16. The van der Waals surface area contributed by atoms with Gasteiger partial charge >= 0.3 is 31.8 Å². The maximum absolute atomic E-state index is 14.5. The molecule has 6 atom stereocenters. The average Bonchev–Trinajstić information content (AvgIpc) is 3.69. The summed E-state index contributed by atoms with van der Waals surface area (Å²) in [5, 5.41) is 6.89. The topological polar surface area (TPSA) is 195 Å². The zero-order valence-electron chi connectivity index (χ0n) is 30.9. The molecule has 55 heavy (non-hydrogen) atoms. The number of carbonyl (C=O) groups is 3. The number of para-hydroxylation sites is 1. The van der Waals surface area contributed by atoms with Gasteiger partial charge in [-0.3, -0.25) is 23.8 Å². The van der Waals surface area contributed by atoms with Crippen LogP contribution in [-0.2, 0) is 42.4 Å². The molecular formula is C35H46F3N6O10P. The Hall–Kier alpha value is -4.29. The second kappa shape index (κ2) is 17.7. The number of nitrogens with two attached hydrogens (primary N) is 1. The van der Waals surface area contributed by atoms with Gasteiger partial charge in [0, 0.05) is 12.8 Å². The molecule has 0 aliphatic carbocycles. The van der Waals surface area contributed by atoms with Crippen molar-refractivity contribution in [2.24, 2.45) is 5.92 Å². The van der Waals surface area contributed by atoms with Crippen molar-refractivity contribution < 1.29 is 60.1 Å². The molecule has 1 unspecified atom stereocenters. The van der Waals surface area contributed by atoms with Crippen LogP contribution in [0.25, 0.3) is 5.52 Å². The SMILES string of the molecule is CCC(=O)O[C@H]1[C@H](c2ccc3c(N)ncnn23)O[C@](C)(COP(=O)(N[C@@H](C)C(=O)OCC2CCN(CC(F)(F)F)CC2)Oc2ccccc2)[C@H]1OC(=O)CC. The van der Waals surface area contributed by atoms with Crippen molar-refractivity contribution in [3.05, 3.63) is 54.5 Å². The normalized spacial score (nSPS) is 23.9. The van der Waals surface area contributed by atoms with Crippen molar-refractivity contribution in [2.75, 3.05) is 38.6 Å². The number of piperidine rings is 1. The van der Waals surface area contributed by atoms with E-state index in [1.807, 2.05) is 0 Å². The monoisotopic (exact) mass is 798 g/mol. The number of fused-ring (bicyclic) bond motifs is 1. The Morgan fingerprint density at radius 3 is 2.40 bits per heavy atom. The molecule has 2 saturated heterocycles.